The first kappa shape index (κ1) is 27.8. The molecule has 0 spiro atoms. The van der Waals surface area contributed by atoms with Gasteiger partial charge in [0, 0.05) is 67.2 Å². The average molecular weight is 607 g/mol. The van der Waals surface area contributed by atoms with Crippen molar-refractivity contribution in [3.63, 3.8) is 0 Å². The molecule has 45 heavy (non-hydrogen) atoms. The Kier molecular flexibility index (Phi) is 6.59. The number of carbonyl (C=O) groups excluding carboxylic acids is 2. The van der Waals surface area contributed by atoms with Crippen molar-refractivity contribution in [1.82, 2.24) is 29.4 Å². The number of amides is 3. The largest absolute Gasteiger partial charge is 0.337 e. The van der Waals surface area contributed by atoms with E-state index in [4.69, 9.17) is 15.8 Å². The number of hydrogen-bond acceptors (Lipinski definition) is 5. The van der Waals surface area contributed by atoms with Crippen molar-refractivity contribution in [2.45, 2.75) is 45.2 Å². The maximum atomic E-state index is 15.7. The minimum Gasteiger partial charge on any atom is -0.337 e. The van der Waals surface area contributed by atoms with Gasteiger partial charge in [0.2, 0.25) is 0 Å². The lowest BCUT2D eigenvalue weighted by Crippen LogP contribution is -2.45. The SMILES string of the molecule is Cc1c(-c2cc3ccc(-c4ccc(N5CCNC5=O)cc4)nc3n2CC2CC2)nn2cc(C(=O)N3CCC[C@@H](N)C3)cc(F)c12. The molecule has 4 aromatic heterocycles. The Morgan fingerprint density at radius 1 is 1.09 bits per heavy atom. The maximum absolute atomic E-state index is 15.7. The third-order valence-electron chi connectivity index (χ3n) is 9.36. The van der Waals surface area contributed by atoms with Crippen LogP contribution in [0.1, 0.15) is 41.6 Å². The standard InChI is InChI=1S/C34H35FN8O2/c1-20-30(39-43-18-24(15-27(35)31(20)43)33(44)40-13-2-3-25(36)19-40)29-16-23-8-11-28(38-32(23)42(29)17-21-4-5-21)22-6-9-26(10-7-22)41-14-12-37-34(41)45/h6-11,15-16,18,21,25H,2-5,12-14,17,19,36H2,1H3,(H,37,45)/t25-/m1/s1. The van der Waals surface area contributed by atoms with Crippen LogP contribution in [0.15, 0.2) is 54.7 Å². The summed E-state index contributed by atoms with van der Waals surface area (Å²) in [6.07, 6.45) is 5.68. The van der Waals surface area contributed by atoms with Gasteiger partial charge in [-0.2, -0.15) is 5.10 Å². The highest BCUT2D eigenvalue weighted by Crippen LogP contribution is 2.38. The number of nitrogens with two attached hydrogens (primary N) is 1. The summed E-state index contributed by atoms with van der Waals surface area (Å²) in [7, 11) is 0. The fraction of sp³-hybridized carbons (Fsp3) is 0.353. The third kappa shape index (κ3) is 4.91. The first-order chi connectivity index (χ1) is 21.8. The molecule has 8 rings (SSSR count). The molecule has 1 aliphatic carbocycles. The van der Waals surface area contributed by atoms with Crippen LogP contribution in [0.4, 0.5) is 14.9 Å². The van der Waals surface area contributed by atoms with E-state index in [9.17, 15) is 9.59 Å². The van der Waals surface area contributed by atoms with E-state index >= 15 is 4.39 Å². The lowest BCUT2D eigenvalue weighted by Gasteiger charge is -2.30. The first-order valence-corrected chi connectivity index (χ1v) is 15.7. The third-order valence-corrected chi connectivity index (χ3v) is 9.36. The number of fused-ring (bicyclic) bond motifs is 2. The molecule has 1 atom stereocenters. The Bertz CT molecular complexity index is 1980. The zero-order valence-electron chi connectivity index (χ0n) is 25.2. The molecule has 3 N–H and O–H groups in total. The van der Waals surface area contributed by atoms with Crippen LogP contribution in [-0.2, 0) is 6.54 Å². The number of rotatable bonds is 6. The number of nitrogens with zero attached hydrogens (tertiary/aromatic N) is 6. The van der Waals surface area contributed by atoms with E-state index in [1.54, 1.807) is 16.0 Å². The number of carbonyl (C=O) groups is 2. The molecule has 3 fully saturated rings. The molecule has 1 saturated carbocycles. The number of nitrogens with one attached hydrogen (secondary N) is 1. The number of aryl methyl sites for hydroxylation is 1. The van der Waals surface area contributed by atoms with E-state index in [0.29, 0.717) is 48.9 Å². The van der Waals surface area contributed by atoms with Crippen molar-refractivity contribution in [3.05, 3.63) is 71.7 Å². The topological polar surface area (TPSA) is 114 Å². The van der Waals surface area contributed by atoms with Crippen molar-refractivity contribution in [2.75, 3.05) is 31.1 Å². The van der Waals surface area contributed by atoms with Gasteiger partial charge in [-0.25, -0.2) is 18.7 Å². The fourth-order valence-electron chi connectivity index (χ4n) is 6.77. The highest BCUT2D eigenvalue weighted by molar-refractivity contribution is 5.95. The molecule has 5 aromatic rings. The highest BCUT2D eigenvalue weighted by atomic mass is 19.1. The summed E-state index contributed by atoms with van der Waals surface area (Å²) in [5, 5.41) is 8.68. The summed E-state index contributed by atoms with van der Waals surface area (Å²) in [5.74, 6) is -0.139. The Morgan fingerprint density at radius 2 is 1.91 bits per heavy atom. The molecule has 230 valence electrons. The average Bonchev–Trinajstić information content (AvgIpc) is 3.51. The van der Waals surface area contributed by atoms with Crippen molar-refractivity contribution >= 4 is 34.2 Å². The summed E-state index contributed by atoms with van der Waals surface area (Å²) in [5.41, 5.74) is 12.5. The summed E-state index contributed by atoms with van der Waals surface area (Å²) < 4.78 is 19.4. The molecule has 2 saturated heterocycles. The normalized spacial score (nSPS) is 18.7. The van der Waals surface area contributed by atoms with Crippen LogP contribution >= 0.6 is 0 Å². The van der Waals surface area contributed by atoms with Crippen LogP contribution in [0.3, 0.4) is 0 Å². The molecule has 1 aromatic carbocycles. The zero-order valence-corrected chi connectivity index (χ0v) is 25.2. The summed E-state index contributed by atoms with van der Waals surface area (Å²) in [6, 6.07) is 15.2. The number of hydrogen-bond donors (Lipinski definition) is 2. The van der Waals surface area contributed by atoms with Crippen LogP contribution in [0.2, 0.25) is 0 Å². The fourth-order valence-corrected chi connectivity index (χ4v) is 6.77. The number of benzene rings is 1. The van der Waals surface area contributed by atoms with E-state index in [1.807, 2.05) is 37.3 Å². The maximum Gasteiger partial charge on any atom is 0.321 e. The van der Waals surface area contributed by atoms with Crippen molar-refractivity contribution in [2.24, 2.45) is 11.7 Å². The Hall–Kier alpha value is -4.77. The first-order valence-electron chi connectivity index (χ1n) is 15.7. The summed E-state index contributed by atoms with van der Waals surface area (Å²) in [4.78, 5) is 33.9. The molecule has 10 nitrogen and oxygen atoms in total. The molecule has 3 amide bonds. The zero-order chi connectivity index (χ0) is 30.8. The van der Waals surface area contributed by atoms with Gasteiger partial charge in [0.25, 0.3) is 5.91 Å². The van der Waals surface area contributed by atoms with Crippen LogP contribution in [0.25, 0.3) is 39.2 Å². The number of halogens is 1. The second kappa shape index (κ2) is 10.7. The number of aromatic nitrogens is 4. The Labute approximate surface area is 259 Å². The van der Waals surface area contributed by atoms with Crippen molar-refractivity contribution in [1.29, 1.82) is 0 Å². The number of urea groups is 1. The van der Waals surface area contributed by atoms with Gasteiger partial charge in [0.1, 0.15) is 22.7 Å². The Balaban J connectivity index is 1.18. The van der Waals surface area contributed by atoms with E-state index in [0.717, 1.165) is 65.9 Å². The smallest absolute Gasteiger partial charge is 0.321 e. The van der Waals surface area contributed by atoms with Crippen molar-refractivity contribution < 1.29 is 14.0 Å². The highest BCUT2D eigenvalue weighted by Gasteiger charge is 2.28. The lowest BCUT2D eigenvalue weighted by atomic mass is 10.1. The molecule has 0 unspecified atom stereocenters. The van der Waals surface area contributed by atoms with E-state index in [1.165, 1.54) is 10.6 Å². The molecule has 2 aliphatic heterocycles. The van der Waals surface area contributed by atoms with Gasteiger partial charge in [-0.3, -0.25) is 9.69 Å². The van der Waals surface area contributed by atoms with Gasteiger partial charge < -0.3 is 20.5 Å². The lowest BCUT2D eigenvalue weighted by molar-refractivity contribution is 0.0707. The predicted octanol–water partition coefficient (Wildman–Crippen LogP) is 4.97. The van der Waals surface area contributed by atoms with Crippen LogP contribution in [0.5, 0.6) is 0 Å². The number of anilines is 1. The number of likely N-dealkylation sites (tertiary alicyclic amines) is 1. The van der Waals surface area contributed by atoms with Gasteiger partial charge >= 0.3 is 6.03 Å². The molecule has 6 heterocycles. The summed E-state index contributed by atoms with van der Waals surface area (Å²) in [6.45, 7) is 5.06. The molecule has 3 aliphatic rings. The monoisotopic (exact) mass is 606 g/mol. The quantitative estimate of drug-likeness (QED) is 0.284. The molecule has 11 heteroatoms. The molecule has 0 bridgehead atoms. The number of pyridine rings is 2. The molecule has 0 radical (unpaired) electrons. The van der Waals surface area contributed by atoms with Gasteiger partial charge in [-0.05, 0) is 74.9 Å². The number of piperidine rings is 1. The van der Waals surface area contributed by atoms with E-state index in [-0.39, 0.29) is 23.5 Å². The minimum atomic E-state index is -0.474. The van der Waals surface area contributed by atoms with Crippen LogP contribution < -0.4 is 16.0 Å². The molecular weight excluding hydrogens is 571 g/mol. The van der Waals surface area contributed by atoms with Gasteiger partial charge in [0.05, 0.1) is 17.0 Å². The van der Waals surface area contributed by atoms with Crippen LogP contribution in [0, 0.1) is 18.7 Å². The molecular formula is C34H35FN8O2. The second-order valence-electron chi connectivity index (χ2n) is 12.6. The predicted molar refractivity (Wildman–Crippen MR) is 171 cm³/mol. The van der Waals surface area contributed by atoms with Crippen molar-refractivity contribution in [3.8, 4) is 22.6 Å². The van der Waals surface area contributed by atoms with Gasteiger partial charge in [-0.1, -0.05) is 12.1 Å². The summed E-state index contributed by atoms with van der Waals surface area (Å²) >= 11 is 0. The van der Waals surface area contributed by atoms with E-state index in [2.05, 4.69) is 22.0 Å². The van der Waals surface area contributed by atoms with Crippen LogP contribution in [-0.4, -0.2) is 68.2 Å². The Morgan fingerprint density at radius 3 is 2.64 bits per heavy atom. The van der Waals surface area contributed by atoms with Gasteiger partial charge in [0.15, 0.2) is 0 Å². The van der Waals surface area contributed by atoms with Gasteiger partial charge in [-0.15, -0.1) is 0 Å². The van der Waals surface area contributed by atoms with E-state index < -0.39 is 5.82 Å². The second-order valence-corrected chi connectivity index (χ2v) is 12.6. The minimum absolute atomic E-state index is 0.0603.